The molecule has 0 fully saturated rings. The standard InChI is InChI=1S/C16H18ClN3O6S/c1-9-8-14(26-19-9)18-15(21)11(3)25-16(22)10(2)20-27(23,24)13-6-4-12(17)5-7-13/h4-8,10-11,20H,1-3H3,(H,18,21)/t10-,11?/m0/s1. The third kappa shape index (κ3) is 5.78. The third-order valence-electron chi connectivity index (χ3n) is 3.35. The summed E-state index contributed by atoms with van der Waals surface area (Å²) < 4.78 is 36.5. The van der Waals surface area contributed by atoms with Gasteiger partial charge >= 0.3 is 5.97 Å². The maximum absolute atomic E-state index is 12.3. The molecule has 1 heterocycles. The van der Waals surface area contributed by atoms with Crippen molar-refractivity contribution in [1.29, 1.82) is 0 Å². The van der Waals surface area contributed by atoms with Gasteiger partial charge in [-0.1, -0.05) is 16.8 Å². The first kappa shape index (κ1) is 20.9. The molecule has 1 unspecified atom stereocenters. The maximum Gasteiger partial charge on any atom is 0.324 e. The van der Waals surface area contributed by atoms with E-state index in [1.54, 1.807) is 6.92 Å². The zero-order valence-electron chi connectivity index (χ0n) is 14.7. The zero-order chi connectivity index (χ0) is 20.2. The van der Waals surface area contributed by atoms with E-state index in [1.807, 2.05) is 0 Å². The number of anilines is 1. The summed E-state index contributed by atoms with van der Waals surface area (Å²) in [6.45, 7) is 4.33. The monoisotopic (exact) mass is 415 g/mol. The molecule has 2 rings (SSSR count). The second-order valence-corrected chi connectivity index (χ2v) is 7.85. The van der Waals surface area contributed by atoms with E-state index in [-0.39, 0.29) is 10.8 Å². The van der Waals surface area contributed by atoms with Gasteiger partial charge in [0.1, 0.15) is 6.04 Å². The van der Waals surface area contributed by atoms with Crippen molar-refractivity contribution in [2.45, 2.75) is 37.8 Å². The van der Waals surface area contributed by atoms with Gasteiger partial charge in [0.15, 0.2) is 6.10 Å². The van der Waals surface area contributed by atoms with Gasteiger partial charge in [-0.3, -0.25) is 14.9 Å². The van der Waals surface area contributed by atoms with Crippen LogP contribution in [-0.4, -0.2) is 37.6 Å². The Kier molecular flexibility index (Phi) is 6.58. The van der Waals surface area contributed by atoms with Crippen molar-refractivity contribution in [3.05, 3.63) is 41.0 Å². The van der Waals surface area contributed by atoms with E-state index in [0.29, 0.717) is 10.7 Å². The van der Waals surface area contributed by atoms with Crippen LogP contribution < -0.4 is 10.0 Å². The molecule has 0 saturated carbocycles. The lowest BCUT2D eigenvalue weighted by Crippen LogP contribution is -2.42. The van der Waals surface area contributed by atoms with Crippen LogP contribution >= 0.6 is 11.6 Å². The van der Waals surface area contributed by atoms with E-state index in [4.69, 9.17) is 20.9 Å². The molecule has 1 amide bonds. The van der Waals surface area contributed by atoms with Crippen LogP contribution in [0.3, 0.4) is 0 Å². The Morgan fingerprint density at radius 2 is 1.85 bits per heavy atom. The first-order valence-corrected chi connectivity index (χ1v) is 9.67. The maximum atomic E-state index is 12.3. The summed E-state index contributed by atoms with van der Waals surface area (Å²) in [6, 6.07) is 5.72. The molecule has 0 saturated heterocycles. The van der Waals surface area contributed by atoms with Crippen molar-refractivity contribution in [3.8, 4) is 0 Å². The molecule has 146 valence electrons. The van der Waals surface area contributed by atoms with Crippen LogP contribution in [0, 0.1) is 6.92 Å². The van der Waals surface area contributed by atoms with Crippen LogP contribution in [0.15, 0.2) is 39.8 Å². The number of aromatic nitrogens is 1. The second-order valence-electron chi connectivity index (χ2n) is 5.70. The highest BCUT2D eigenvalue weighted by molar-refractivity contribution is 7.89. The minimum absolute atomic E-state index is 0.0574. The lowest BCUT2D eigenvalue weighted by Gasteiger charge is -2.17. The topological polar surface area (TPSA) is 128 Å². The summed E-state index contributed by atoms with van der Waals surface area (Å²) in [5, 5.41) is 6.38. The molecular formula is C16H18ClN3O6S. The van der Waals surface area contributed by atoms with Gasteiger partial charge in [0.05, 0.1) is 10.6 Å². The second kappa shape index (κ2) is 8.51. The molecule has 2 aromatic rings. The summed E-state index contributed by atoms with van der Waals surface area (Å²) >= 11 is 5.73. The number of aryl methyl sites for hydroxylation is 1. The summed E-state index contributed by atoms with van der Waals surface area (Å²) in [6.07, 6.45) is -1.18. The molecule has 2 N–H and O–H groups in total. The van der Waals surface area contributed by atoms with Gasteiger partial charge in [0.25, 0.3) is 5.91 Å². The highest BCUT2D eigenvalue weighted by Crippen LogP contribution is 2.15. The molecule has 1 aromatic carbocycles. The third-order valence-corrected chi connectivity index (χ3v) is 5.15. The van der Waals surface area contributed by atoms with Gasteiger partial charge < -0.3 is 9.26 Å². The Bertz CT molecular complexity index is 926. The normalized spacial score (nSPS) is 13.6. The Balaban J connectivity index is 1.94. The molecule has 2 atom stereocenters. The molecule has 0 radical (unpaired) electrons. The van der Waals surface area contributed by atoms with Gasteiger partial charge in [-0.05, 0) is 45.0 Å². The summed E-state index contributed by atoms with van der Waals surface area (Å²) in [7, 11) is -3.96. The fourth-order valence-corrected chi connectivity index (χ4v) is 3.26. The lowest BCUT2D eigenvalue weighted by atomic mass is 10.3. The quantitative estimate of drug-likeness (QED) is 0.660. The first-order chi connectivity index (χ1) is 12.6. The van der Waals surface area contributed by atoms with Gasteiger partial charge in [0, 0.05) is 11.1 Å². The highest BCUT2D eigenvalue weighted by Gasteiger charge is 2.26. The summed E-state index contributed by atoms with van der Waals surface area (Å²) in [5.74, 6) is -1.45. The summed E-state index contributed by atoms with van der Waals surface area (Å²) in [4.78, 5) is 24.0. The van der Waals surface area contributed by atoms with Crippen molar-refractivity contribution in [2.75, 3.05) is 5.32 Å². The van der Waals surface area contributed by atoms with Crippen molar-refractivity contribution in [3.63, 3.8) is 0 Å². The number of amides is 1. The van der Waals surface area contributed by atoms with Crippen LogP contribution in [0.25, 0.3) is 0 Å². The number of benzene rings is 1. The minimum atomic E-state index is -3.96. The van der Waals surface area contributed by atoms with Crippen LogP contribution in [0.5, 0.6) is 0 Å². The Labute approximate surface area is 161 Å². The Hall–Kier alpha value is -2.43. The number of ether oxygens (including phenoxy) is 1. The van der Waals surface area contributed by atoms with E-state index in [0.717, 1.165) is 0 Å². The van der Waals surface area contributed by atoms with Crippen LogP contribution in [0.2, 0.25) is 5.02 Å². The molecule has 1 aromatic heterocycles. The number of nitrogens with one attached hydrogen (secondary N) is 2. The number of esters is 1. The van der Waals surface area contributed by atoms with Gasteiger partial charge in [-0.15, -0.1) is 0 Å². The fraction of sp³-hybridized carbons (Fsp3) is 0.312. The largest absolute Gasteiger partial charge is 0.451 e. The molecule has 0 spiro atoms. The summed E-state index contributed by atoms with van der Waals surface area (Å²) in [5.41, 5.74) is 0.570. The van der Waals surface area contributed by atoms with Gasteiger partial charge in [0.2, 0.25) is 15.9 Å². The molecule has 0 aliphatic rings. The Morgan fingerprint density at radius 3 is 2.41 bits per heavy atom. The predicted molar refractivity (Wildman–Crippen MR) is 96.7 cm³/mol. The van der Waals surface area contributed by atoms with Gasteiger partial charge in [-0.25, -0.2) is 8.42 Å². The number of carbonyl (C=O) groups excluding carboxylic acids is 2. The van der Waals surface area contributed by atoms with Crippen molar-refractivity contribution < 1.29 is 27.3 Å². The molecule has 0 aliphatic carbocycles. The fourth-order valence-electron chi connectivity index (χ4n) is 1.94. The van der Waals surface area contributed by atoms with Crippen LogP contribution in [0.1, 0.15) is 19.5 Å². The Morgan fingerprint density at radius 1 is 1.22 bits per heavy atom. The molecular weight excluding hydrogens is 398 g/mol. The molecule has 0 bridgehead atoms. The van der Waals surface area contributed by atoms with Crippen molar-refractivity contribution >= 4 is 39.4 Å². The number of rotatable bonds is 7. The lowest BCUT2D eigenvalue weighted by molar-refractivity contribution is -0.154. The van der Waals surface area contributed by atoms with E-state index in [1.165, 1.54) is 44.2 Å². The van der Waals surface area contributed by atoms with Crippen molar-refractivity contribution in [1.82, 2.24) is 9.88 Å². The average molecular weight is 416 g/mol. The van der Waals surface area contributed by atoms with Crippen molar-refractivity contribution in [2.24, 2.45) is 0 Å². The molecule has 9 nitrogen and oxygen atoms in total. The van der Waals surface area contributed by atoms with Crippen LogP contribution in [0.4, 0.5) is 5.88 Å². The van der Waals surface area contributed by atoms with Crippen LogP contribution in [-0.2, 0) is 24.3 Å². The predicted octanol–water partition coefficient (Wildman–Crippen LogP) is 1.87. The number of sulfonamides is 1. The number of nitrogens with zero attached hydrogens (tertiary/aromatic N) is 1. The zero-order valence-corrected chi connectivity index (χ0v) is 16.3. The number of hydrogen-bond donors (Lipinski definition) is 2. The first-order valence-electron chi connectivity index (χ1n) is 7.81. The van der Waals surface area contributed by atoms with E-state index < -0.39 is 34.0 Å². The minimum Gasteiger partial charge on any atom is -0.451 e. The number of hydrogen-bond acceptors (Lipinski definition) is 7. The smallest absolute Gasteiger partial charge is 0.324 e. The molecule has 27 heavy (non-hydrogen) atoms. The molecule has 0 aliphatic heterocycles. The SMILES string of the molecule is Cc1cc(NC(=O)C(C)OC(=O)[C@H](C)NS(=O)(=O)c2ccc(Cl)cc2)on1. The van der Waals surface area contributed by atoms with E-state index in [2.05, 4.69) is 15.2 Å². The average Bonchev–Trinajstić information content (AvgIpc) is 2.99. The van der Waals surface area contributed by atoms with E-state index in [9.17, 15) is 18.0 Å². The number of carbonyl (C=O) groups is 2. The van der Waals surface area contributed by atoms with Gasteiger partial charge in [-0.2, -0.15) is 4.72 Å². The highest BCUT2D eigenvalue weighted by atomic mass is 35.5. The molecule has 11 heteroatoms. The number of halogens is 1. The van der Waals surface area contributed by atoms with E-state index >= 15 is 0 Å².